The molecule has 0 spiro atoms. The van der Waals surface area contributed by atoms with Crippen LogP contribution < -0.4 is 15.5 Å². The van der Waals surface area contributed by atoms with Crippen molar-refractivity contribution in [1.82, 2.24) is 10.2 Å². The number of para-hydroxylation sites is 2. The number of hydrogen-bond donors (Lipinski definition) is 2. The van der Waals surface area contributed by atoms with Crippen molar-refractivity contribution in [1.29, 1.82) is 0 Å². The summed E-state index contributed by atoms with van der Waals surface area (Å²) >= 11 is 0. The first-order chi connectivity index (χ1) is 20.0. The fourth-order valence-corrected chi connectivity index (χ4v) is 6.10. The van der Waals surface area contributed by atoms with Gasteiger partial charge in [-0.05, 0) is 67.9 Å². The van der Waals surface area contributed by atoms with Gasteiger partial charge in [-0.2, -0.15) is 0 Å². The molecule has 2 bridgehead atoms. The lowest BCUT2D eigenvalue weighted by Crippen LogP contribution is -2.51. The number of benzene rings is 3. The van der Waals surface area contributed by atoms with Crippen molar-refractivity contribution in [3.05, 3.63) is 95.8 Å². The van der Waals surface area contributed by atoms with Crippen LogP contribution in [0.5, 0.6) is 0 Å². The SMILES string of the molecule is O=C(Nc1ccccc1)N[C@@H]1N=C(c2ccccc2F)c2ccccc2N(CC(=O)N2CC3CCC(CC3)C2)C1=O. The molecule has 1 saturated carbocycles. The van der Waals surface area contributed by atoms with E-state index in [2.05, 4.69) is 15.6 Å². The lowest BCUT2D eigenvalue weighted by atomic mass is 9.84. The van der Waals surface area contributed by atoms with Crippen LogP contribution in [0.25, 0.3) is 0 Å². The predicted molar refractivity (Wildman–Crippen MR) is 155 cm³/mol. The Morgan fingerprint density at radius 1 is 0.829 bits per heavy atom. The summed E-state index contributed by atoms with van der Waals surface area (Å²) in [6, 6.07) is 21.4. The highest BCUT2D eigenvalue weighted by Gasteiger charge is 2.37. The van der Waals surface area contributed by atoms with Crippen LogP contribution in [0, 0.1) is 17.7 Å². The molecule has 1 aliphatic carbocycles. The zero-order chi connectivity index (χ0) is 28.3. The third-order valence-electron chi connectivity index (χ3n) is 8.21. The van der Waals surface area contributed by atoms with Gasteiger partial charge >= 0.3 is 6.03 Å². The summed E-state index contributed by atoms with van der Waals surface area (Å²) in [6.07, 6.45) is 3.11. The Bertz CT molecular complexity index is 1470. The normalized spacial score (nSPS) is 21.8. The van der Waals surface area contributed by atoms with Crippen LogP contribution in [0.4, 0.5) is 20.6 Å². The summed E-state index contributed by atoms with van der Waals surface area (Å²) in [5, 5.41) is 5.36. The average Bonchev–Trinajstić information content (AvgIpc) is 3.37. The van der Waals surface area contributed by atoms with E-state index in [1.54, 1.807) is 66.7 Å². The summed E-state index contributed by atoms with van der Waals surface area (Å²) < 4.78 is 15.1. The standard InChI is InChI=1S/C32H32FN5O3/c33-26-12-6-4-10-24(26)29-25-11-5-7-13-27(25)38(20-28(39)37-18-21-14-15-22(19-37)17-16-21)31(40)30(35-29)36-32(41)34-23-8-2-1-3-9-23/h1-13,21-22,30H,14-20H2,(H2,34,36,41)/t21?,22?,30-/m0/s1. The van der Waals surface area contributed by atoms with Gasteiger partial charge in [0, 0.05) is 29.9 Å². The molecule has 9 heteroatoms. The number of carbonyl (C=O) groups is 3. The first kappa shape index (κ1) is 26.7. The molecule has 3 aromatic rings. The van der Waals surface area contributed by atoms with Crippen molar-refractivity contribution in [3.8, 4) is 0 Å². The highest BCUT2D eigenvalue weighted by Crippen LogP contribution is 2.34. The second kappa shape index (κ2) is 11.5. The molecule has 4 amide bonds. The van der Waals surface area contributed by atoms with Crippen molar-refractivity contribution in [2.24, 2.45) is 16.8 Å². The molecule has 0 radical (unpaired) electrons. The van der Waals surface area contributed by atoms with Crippen LogP contribution in [-0.2, 0) is 9.59 Å². The highest BCUT2D eigenvalue weighted by molar-refractivity contribution is 6.21. The van der Waals surface area contributed by atoms with Crippen LogP contribution in [0.2, 0.25) is 0 Å². The van der Waals surface area contributed by atoms with Gasteiger partial charge in [0.2, 0.25) is 12.1 Å². The van der Waals surface area contributed by atoms with Gasteiger partial charge < -0.3 is 15.5 Å². The second-order valence-electron chi connectivity index (χ2n) is 11.0. The van der Waals surface area contributed by atoms with Gasteiger partial charge in [-0.25, -0.2) is 14.2 Å². The number of anilines is 2. The van der Waals surface area contributed by atoms with Gasteiger partial charge in [0.1, 0.15) is 12.4 Å². The van der Waals surface area contributed by atoms with Crippen molar-refractivity contribution in [2.75, 3.05) is 29.9 Å². The fourth-order valence-electron chi connectivity index (χ4n) is 6.10. The van der Waals surface area contributed by atoms with E-state index in [-0.39, 0.29) is 23.7 Å². The molecule has 210 valence electrons. The van der Waals surface area contributed by atoms with Crippen molar-refractivity contribution in [3.63, 3.8) is 0 Å². The number of nitrogens with zero attached hydrogens (tertiary/aromatic N) is 3. The van der Waals surface area contributed by atoms with Crippen LogP contribution >= 0.6 is 0 Å². The number of rotatable bonds is 5. The van der Waals surface area contributed by atoms with E-state index in [0.29, 0.717) is 41.9 Å². The molecule has 41 heavy (non-hydrogen) atoms. The van der Waals surface area contributed by atoms with Crippen LogP contribution in [0.1, 0.15) is 36.8 Å². The molecule has 3 fully saturated rings. The number of amides is 4. The summed E-state index contributed by atoms with van der Waals surface area (Å²) in [7, 11) is 0. The minimum atomic E-state index is -1.39. The predicted octanol–water partition coefficient (Wildman–Crippen LogP) is 4.81. The molecule has 0 unspecified atom stereocenters. The molecule has 1 atom stereocenters. The summed E-state index contributed by atoms with van der Waals surface area (Å²) in [5.74, 6) is -0.258. The second-order valence-corrected chi connectivity index (χ2v) is 11.0. The van der Waals surface area contributed by atoms with Gasteiger partial charge in [-0.15, -0.1) is 0 Å². The van der Waals surface area contributed by atoms with Gasteiger partial charge in [0.15, 0.2) is 0 Å². The molecule has 3 aliphatic heterocycles. The zero-order valence-corrected chi connectivity index (χ0v) is 22.6. The summed E-state index contributed by atoms with van der Waals surface area (Å²) in [6.45, 7) is 1.18. The van der Waals surface area contributed by atoms with E-state index in [9.17, 15) is 14.4 Å². The maximum Gasteiger partial charge on any atom is 0.321 e. The zero-order valence-electron chi connectivity index (χ0n) is 22.6. The van der Waals surface area contributed by atoms with E-state index >= 15 is 4.39 Å². The van der Waals surface area contributed by atoms with E-state index < -0.39 is 23.9 Å². The van der Waals surface area contributed by atoms with Gasteiger partial charge in [-0.1, -0.05) is 48.5 Å². The van der Waals surface area contributed by atoms with Crippen LogP contribution in [0.3, 0.4) is 0 Å². The molecule has 0 aromatic heterocycles. The monoisotopic (exact) mass is 553 g/mol. The Labute approximate surface area is 238 Å². The number of fused-ring (bicyclic) bond motifs is 5. The quantitative estimate of drug-likeness (QED) is 0.475. The number of nitrogens with one attached hydrogen (secondary N) is 2. The molecule has 3 aromatic carbocycles. The minimum Gasteiger partial charge on any atom is -0.341 e. The Morgan fingerprint density at radius 2 is 1.44 bits per heavy atom. The number of aliphatic imine (C=N–C) groups is 1. The number of halogens is 1. The average molecular weight is 554 g/mol. The van der Waals surface area contributed by atoms with E-state index in [1.807, 2.05) is 11.0 Å². The summed E-state index contributed by atoms with van der Waals surface area (Å²) in [4.78, 5) is 48.7. The third-order valence-corrected chi connectivity index (χ3v) is 8.21. The Kier molecular flexibility index (Phi) is 7.50. The molecular formula is C32H32FN5O3. The Morgan fingerprint density at radius 3 is 2.12 bits per heavy atom. The Balaban J connectivity index is 1.36. The number of carbonyl (C=O) groups excluding carboxylic acids is 3. The molecule has 7 rings (SSSR count). The molecule has 2 N–H and O–H groups in total. The molecule has 4 aliphatic rings. The highest BCUT2D eigenvalue weighted by atomic mass is 19.1. The lowest BCUT2D eigenvalue weighted by Gasteiger charge is -2.29. The van der Waals surface area contributed by atoms with E-state index in [0.717, 1.165) is 25.7 Å². The Hall–Kier alpha value is -4.53. The number of urea groups is 1. The first-order valence-corrected chi connectivity index (χ1v) is 14.1. The lowest BCUT2D eigenvalue weighted by molar-refractivity contribution is -0.132. The van der Waals surface area contributed by atoms with E-state index in [4.69, 9.17) is 0 Å². The van der Waals surface area contributed by atoms with Crippen molar-refractivity contribution >= 4 is 34.9 Å². The maximum atomic E-state index is 15.1. The number of benzodiazepines with no additional fused rings is 1. The van der Waals surface area contributed by atoms with Crippen molar-refractivity contribution in [2.45, 2.75) is 31.8 Å². The molecule has 8 nitrogen and oxygen atoms in total. The first-order valence-electron chi connectivity index (χ1n) is 14.1. The number of hydrogen-bond acceptors (Lipinski definition) is 4. The third kappa shape index (κ3) is 5.70. The van der Waals surface area contributed by atoms with Gasteiger partial charge in [-0.3, -0.25) is 14.5 Å². The largest absolute Gasteiger partial charge is 0.341 e. The summed E-state index contributed by atoms with van der Waals surface area (Å²) in [5.41, 5.74) is 1.90. The molecular weight excluding hydrogens is 521 g/mol. The smallest absolute Gasteiger partial charge is 0.321 e. The minimum absolute atomic E-state index is 0.145. The van der Waals surface area contributed by atoms with Gasteiger partial charge in [0.05, 0.1) is 11.4 Å². The maximum absolute atomic E-state index is 15.1. The fraction of sp³-hybridized carbons (Fsp3) is 0.312. The van der Waals surface area contributed by atoms with Gasteiger partial charge in [0.25, 0.3) is 5.91 Å². The van der Waals surface area contributed by atoms with Crippen LogP contribution in [0.15, 0.2) is 83.9 Å². The van der Waals surface area contributed by atoms with Crippen molar-refractivity contribution < 1.29 is 18.8 Å². The van der Waals surface area contributed by atoms with E-state index in [1.165, 1.54) is 11.0 Å². The van der Waals surface area contributed by atoms with Crippen LogP contribution in [-0.4, -0.2) is 54.3 Å². The molecule has 2 saturated heterocycles. The topological polar surface area (TPSA) is 94.1 Å². The molecule has 3 heterocycles.